The molecule has 6 heteroatoms. The van der Waals surface area contributed by atoms with E-state index < -0.39 is 0 Å². The van der Waals surface area contributed by atoms with E-state index in [4.69, 9.17) is 14.5 Å². The molecular weight excluding hydrogens is 450 g/mol. The van der Waals surface area contributed by atoms with Crippen molar-refractivity contribution in [1.29, 1.82) is 0 Å². The number of fused-ring (bicyclic) bond motifs is 2. The highest BCUT2D eigenvalue weighted by Crippen LogP contribution is 2.25. The molecule has 0 fully saturated rings. The van der Waals surface area contributed by atoms with E-state index in [2.05, 4.69) is 34.1 Å². The zero-order chi connectivity index (χ0) is 24.6. The van der Waals surface area contributed by atoms with Gasteiger partial charge in [0.15, 0.2) is 6.61 Å². The van der Waals surface area contributed by atoms with Gasteiger partial charge >= 0.3 is 0 Å². The molecular formula is C30H29N3O3. The maximum Gasteiger partial charge on any atom is 0.257 e. The molecule has 1 heterocycles. The third-order valence-electron chi connectivity index (χ3n) is 6.07. The van der Waals surface area contributed by atoms with E-state index in [1.165, 1.54) is 5.39 Å². The quantitative estimate of drug-likeness (QED) is 0.258. The van der Waals surface area contributed by atoms with Crippen LogP contribution in [0.15, 0.2) is 97.1 Å². The predicted octanol–water partition coefficient (Wildman–Crippen LogP) is 5.40. The summed E-state index contributed by atoms with van der Waals surface area (Å²) in [6, 6.07) is 31.9. The Bertz CT molecular complexity index is 1440. The summed E-state index contributed by atoms with van der Waals surface area (Å²) in [6.45, 7) is 1.80. The number of carbonyl (C=O) groups excluding carboxylic acids is 1. The van der Waals surface area contributed by atoms with E-state index in [1.54, 1.807) is 0 Å². The van der Waals surface area contributed by atoms with Crippen molar-refractivity contribution in [1.82, 2.24) is 14.9 Å². The lowest BCUT2D eigenvalue weighted by molar-refractivity contribution is -0.123. The molecule has 0 spiro atoms. The molecule has 0 aliphatic rings. The fourth-order valence-corrected chi connectivity index (χ4v) is 4.33. The first-order valence-corrected chi connectivity index (χ1v) is 12.3. The van der Waals surface area contributed by atoms with E-state index in [0.29, 0.717) is 25.4 Å². The number of para-hydroxylation sites is 3. The van der Waals surface area contributed by atoms with Gasteiger partial charge in [0.25, 0.3) is 5.91 Å². The highest BCUT2D eigenvalue weighted by molar-refractivity contribution is 5.88. The number of aromatic nitrogens is 2. The average Bonchev–Trinajstić information content (AvgIpc) is 3.28. The van der Waals surface area contributed by atoms with Crippen molar-refractivity contribution in [2.24, 2.45) is 0 Å². The summed E-state index contributed by atoms with van der Waals surface area (Å²) in [7, 11) is 0. The second-order valence-corrected chi connectivity index (χ2v) is 8.55. The maximum atomic E-state index is 12.1. The van der Waals surface area contributed by atoms with Crippen molar-refractivity contribution >= 4 is 27.7 Å². The lowest BCUT2D eigenvalue weighted by Gasteiger charge is -2.13. The summed E-state index contributed by atoms with van der Waals surface area (Å²) in [5.74, 6) is 2.44. The minimum atomic E-state index is -0.129. The molecule has 0 aliphatic carbocycles. The maximum absolute atomic E-state index is 12.1. The number of rotatable bonds is 11. The molecule has 4 aromatic carbocycles. The van der Waals surface area contributed by atoms with E-state index in [9.17, 15) is 4.79 Å². The first-order valence-electron chi connectivity index (χ1n) is 12.3. The topological polar surface area (TPSA) is 65.4 Å². The minimum Gasteiger partial charge on any atom is -0.491 e. The molecule has 0 unspecified atom stereocenters. The van der Waals surface area contributed by atoms with Crippen LogP contribution in [0.5, 0.6) is 11.5 Å². The molecule has 36 heavy (non-hydrogen) atoms. The number of nitrogens with one attached hydrogen (secondary N) is 1. The molecule has 182 valence electrons. The summed E-state index contributed by atoms with van der Waals surface area (Å²) in [4.78, 5) is 17.0. The van der Waals surface area contributed by atoms with E-state index >= 15 is 0 Å². The van der Waals surface area contributed by atoms with Gasteiger partial charge in [0.05, 0.1) is 17.6 Å². The van der Waals surface area contributed by atoms with Crippen LogP contribution in [0.3, 0.4) is 0 Å². The summed E-state index contributed by atoms with van der Waals surface area (Å²) in [6.07, 6.45) is 1.54. The summed E-state index contributed by atoms with van der Waals surface area (Å²) in [5.41, 5.74) is 2.06. The van der Waals surface area contributed by atoms with Gasteiger partial charge in [0.1, 0.15) is 23.9 Å². The first kappa shape index (κ1) is 23.4. The van der Waals surface area contributed by atoms with Crippen LogP contribution < -0.4 is 14.8 Å². The lowest BCUT2D eigenvalue weighted by Crippen LogP contribution is -2.30. The third-order valence-corrected chi connectivity index (χ3v) is 6.07. The van der Waals surface area contributed by atoms with E-state index in [-0.39, 0.29) is 12.5 Å². The standard InChI is InChI=1S/C30H29N3O3/c34-30(22-36-24-12-2-1-3-13-24)31-19-9-18-29-32-26-15-6-7-16-27(26)33(29)20-21-35-28-17-8-11-23-10-4-5-14-25(23)28/h1-8,10-17H,9,18-22H2,(H,31,34). The van der Waals surface area contributed by atoms with Crippen LogP contribution in [0, 0.1) is 0 Å². The van der Waals surface area contributed by atoms with Gasteiger partial charge in [-0.3, -0.25) is 4.79 Å². The van der Waals surface area contributed by atoms with Crippen LogP contribution in [0.25, 0.3) is 21.8 Å². The van der Waals surface area contributed by atoms with E-state index in [0.717, 1.165) is 40.8 Å². The van der Waals surface area contributed by atoms with Crippen LogP contribution in [0.1, 0.15) is 12.2 Å². The molecule has 1 N–H and O–H groups in total. The van der Waals surface area contributed by atoms with Crippen molar-refractivity contribution < 1.29 is 14.3 Å². The van der Waals surface area contributed by atoms with Gasteiger partial charge in [0, 0.05) is 18.4 Å². The van der Waals surface area contributed by atoms with Crippen molar-refractivity contribution in [3.8, 4) is 11.5 Å². The Morgan fingerprint density at radius 1 is 0.833 bits per heavy atom. The highest BCUT2D eigenvalue weighted by Gasteiger charge is 2.11. The Morgan fingerprint density at radius 3 is 2.53 bits per heavy atom. The number of carbonyl (C=O) groups is 1. The highest BCUT2D eigenvalue weighted by atomic mass is 16.5. The molecule has 0 aliphatic heterocycles. The van der Waals surface area contributed by atoms with Crippen LogP contribution in [-0.4, -0.2) is 35.2 Å². The van der Waals surface area contributed by atoms with Crippen LogP contribution in [-0.2, 0) is 17.8 Å². The van der Waals surface area contributed by atoms with Gasteiger partial charge in [0.2, 0.25) is 0 Å². The van der Waals surface area contributed by atoms with Gasteiger partial charge < -0.3 is 19.4 Å². The Morgan fingerprint density at radius 2 is 1.61 bits per heavy atom. The van der Waals surface area contributed by atoms with E-state index in [1.807, 2.05) is 72.8 Å². The number of ether oxygens (including phenoxy) is 2. The first-order chi connectivity index (χ1) is 17.8. The fraction of sp³-hybridized carbons (Fsp3) is 0.200. The van der Waals surface area contributed by atoms with Crippen LogP contribution >= 0.6 is 0 Å². The molecule has 0 saturated heterocycles. The molecule has 6 nitrogen and oxygen atoms in total. The smallest absolute Gasteiger partial charge is 0.257 e. The summed E-state index contributed by atoms with van der Waals surface area (Å²) >= 11 is 0. The second-order valence-electron chi connectivity index (χ2n) is 8.55. The van der Waals surface area contributed by atoms with Crippen LogP contribution in [0.4, 0.5) is 0 Å². The Kier molecular flexibility index (Phi) is 7.42. The van der Waals surface area contributed by atoms with Gasteiger partial charge in [-0.25, -0.2) is 4.98 Å². The molecule has 5 aromatic rings. The van der Waals surface area contributed by atoms with Crippen LogP contribution in [0.2, 0.25) is 0 Å². The number of nitrogens with zero attached hydrogens (tertiary/aromatic N) is 2. The molecule has 1 aromatic heterocycles. The number of aryl methyl sites for hydroxylation is 1. The van der Waals surface area contributed by atoms with Crippen molar-refractivity contribution in [2.45, 2.75) is 19.4 Å². The lowest BCUT2D eigenvalue weighted by atomic mass is 10.1. The minimum absolute atomic E-state index is 0.00797. The Labute approximate surface area is 210 Å². The zero-order valence-corrected chi connectivity index (χ0v) is 20.1. The molecule has 0 radical (unpaired) electrons. The third kappa shape index (κ3) is 5.66. The number of hydrogen-bond acceptors (Lipinski definition) is 4. The Hall–Kier alpha value is -4.32. The largest absolute Gasteiger partial charge is 0.491 e. The van der Waals surface area contributed by atoms with Crippen molar-refractivity contribution in [3.05, 3.63) is 103 Å². The van der Waals surface area contributed by atoms with Gasteiger partial charge in [-0.1, -0.05) is 66.7 Å². The van der Waals surface area contributed by atoms with Crippen molar-refractivity contribution in [3.63, 3.8) is 0 Å². The number of amides is 1. The summed E-state index contributed by atoms with van der Waals surface area (Å²) in [5, 5.41) is 5.21. The average molecular weight is 480 g/mol. The Balaban J connectivity index is 1.17. The summed E-state index contributed by atoms with van der Waals surface area (Å²) < 4.78 is 13.9. The number of benzene rings is 4. The number of hydrogen-bond donors (Lipinski definition) is 1. The normalized spacial score (nSPS) is 11.0. The molecule has 0 atom stereocenters. The monoisotopic (exact) mass is 479 g/mol. The predicted molar refractivity (Wildman–Crippen MR) is 142 cm³/mol. The molecule has 0 bridgehead atoms. The van der Waals surface area contributed by atoms with Gasteiger partial charge in [-0.15, -0.1) is 0 Å². The number of imidazole rings is 1. The molecule has 5 rings (SSSR count). The SMILES string of the molecule is O=C(COc1ccccc1)NCCCc1nc2ccccc2n1CCOc1cccc2ccccc12. The molecule has 0 saturated carbocycles. The zero-order valence-electron chi connectivity index (χ0n) is 20.1. The fourth-order valence-electron chi connectivity index (χ4n) is 4.33. The van der Waals surface area contributed by atoms with Crippen molar-refractivity contribution in [2.75, 3.05) is 19.8 Å². The molecule has 1 amide bonds. The van der Waals surface area contributed by atoms with Gasteiger partial charge in [-0.2, -0.15) is 0 Å². The van der Waals surface area contributed by atoms with Gasteiger partial charge in [-0.05, 0) is 42.1 Å². The second kappa shape index (κ2) is 11.4.